The highest BCUT2D eigenvalue weighted by atomic mass is 16.4. The van der Waals surface area contributed by atoms with Crippen molar-refractivity contribution in [2.45, 2.75) is 24.8 Å². The zero-order valence-electron chi connectivity index (χ0n) is 15.7. The van der Waals surface area contributed by atoms with Gasteiger partial charge in [-0.2, -0.15) is 0 Å². The highest BCUT2D eigenvalue weighted by Gasteiger charge is 2.44. The fourth-order valence-electron chi connectivity index (χ4n) is 3.96. The summed E-state index contributed by atoms with van der Waals surface area (Å²) >= 11 is 0. The molecule has 0 unspecified atom stereocenters. The molecule has 1 fully saturated rings. The number of carbonyl (C=O) groups is 2. The summed E-state index contributed by atoms with van der Waals surface area (Å²) in [5, 5.41) is 9.09. The Labute approximate surface area is 160 Å². The van der Waals surface area contributed by atoms with Crippen LogP contribution in [0.3, 0.4) is 0 Å². The number of benzene rings is 2. The molecule has 0 aliphatic carbocycles. The van der Waals surface area contributed by atoms with Crippen LogP contribution in [0.2, 0.25) is 0 Å². The van der Waals surface area contributed by atoms with Crippen LogP contribution in [0.4, 0.5) is 0 Å². The average molecular weight is 366 g/mol. The van der Waals surface area contributed by atoms with Gasteiger partial charge in [-0.25, -0.2) is 0 Å². The largest absolute Gasteiger partial charge is 0.480 e. The van der Waals surface area contributed by atoms with Crippen molar-refractivity contribution < 1.29 is 14.7 Å². The molecular formula is C22H26N2O3. The van der Waals surface area contributed by atoms with Crippen LogP contribution in [0.1, 0.15) is 24.0 Å². The molecule has 2 aromatic carbocycles. The first-order chi connectivity index (χ1) is 13.0. The Balaban J connectivity index is 1.79. The van der Waals surface area contributed by atoms with E-state index in [9.17, 15) is 9.59 Å². The number of aliphatic carboxylic acids is 1. The Bertz CT molecular complexity index is 769. The predicted molar refractivity (Wildman–Crippen MR) is 104 cm³/mol. The Hall–Kier alpha value is -2.66. The van der Waals surface area contributed by atoms with Gasteiger partial charge in [0.15, 0.2) is 0 Å². The summed E-state index contributed by atoms with van der Waals surface area (Å²) in [6.45, 7) is 2.19. The molecule has 0 radical (unpaired) electrons. The van der Waals surface area contributed by atoms with E-state index in [0.29, 0.717) is 12.8 Å². The van der Waals surface area contributed by atoms with Crippen LogP contribution >= 0.6 is 0 Å². The Morgan fingerprint density at radius 3 is 2.11 bits per heavy atom. The fourth-order valence-corrected chi connectivity index (χ4v) is 3.96. The third-order valence-electron chi connectivity index (χ3n) is 5.41. The standard InChI is InChI=1S/C22H26N2O3/c1-23(17-20(25)26)21(27)22(19-10-6-3-7-11-19)12-14-24(15-13-22)16-18-8-4-2-5-9-18/h2-11H,12-17H2,1H3,(H,25,26). The van der Waals surface area contributed by atoms with E-state index < -0.39 is 11.4 Å². The first-order valence-corrected chi connectivity index (χ1v) is 9.30. The van der Waals surface area contributed by atoms with Crippen molar-refractivity contribution in [1.82, 2.24) is 9.80 Å². The van der Waals surface area contributed by atoms with Gasteiger partial charge < -0.3 is 10.0 Å². The molecular weight excluding hydrogens is 340 g/mol. The van der Waals surface area contributed by atoms with E-state index in [1.807, 2.05) is 48.5 Å². The fraction of sp³-hybridized carbons (Fsp3) is 0.364. The maximum atomic E-state index is 13.3. The van der Waals surface area contributed by atoms with Crippen molar-refractivity contribution >= 4 is 11.9 Å². The van der Waals surface area contributed by atoms with Gasteiger partial charge in [0.1, 0.15) is 6.54 Å². The lowest BCUT2D eigenvalue weighted by atomic mass is 9.71. The summed E-state index contributed by atoms with van der Waals surface area (Å²) in [4.78, 5) is 28.1. The summed E-state index contributed by atoms with van der Waals surface area (Å²) < 4.78 is 0. The second-order valence-electron chi connectivity index (χ2n) is 7.26. The molecule has 142 valence electrons. The number of likely N-dealkylation sites (tertiary alicyclic amines) is 1. The number of hydrogen-bond acceptors (Lipinski definition) is 3. The van der Waals surface area contributed by atoms with Crippen LogP contribution in [0.25, 0.3) is 0 Å². The average Bonchev–Trinajstić information content (AvgIpc) is 2.69. The van der Waals surface area contributed by atoms with E-state index in [1.54, 1.807) is 7.05 Å². The summed E-state index contributed by atoms with van der Waals surface area (Å²) in [6, 6.07) is 20.1. The van der Waals surface area contributed by atoms with Crippen molar-refractivity contribution in [1.29, 1.82) is 0 Å². The van der Waals surface area contributed by atoms with E-state index in [-0.39, 0.29) is 12.5 Å². The SMILES string of the molecule is CN(CC(=O)O)C(=O)C1(c2ccccc2)CCN(Cc2ccccc2)CC1. The number of likely N-dealkylation sites (N-methyl/N-ethyl adjacent to an activating group) is 1. The molecule has 5 heteroatoms. The van der Waals surface area contributed by atoms with Crippen molar-refractivity contribution in [3.8, 4) is 0 Å². The van der Waals surface area contributed by atoms with Gasteiger partial charge in [0.2, 0.25) is 5.91 Å². The van der Waals surface area contributed by atoms with E-state index in [1.165, 1.54) is 10.5 Å². The minimum Gasteiger partial charge on any atom is -0.480 e. The monoisotopic (exact) mass is 366 g/mol. The number of nitrogens with zero attached hydrogens (tertiary/aromatic N) is 2. The molecule has 1 aliphatic heterocycles. The van der Waals surface area contributed by atoms with Crippen molar-refractivity contribution in [3.05, 3.63) is 71.8 Å². The minimum absolute atomic E-state index is 0.101. The maximum absolute atomic E-state index is 13.3. The normalized spacial score (nSPS) is 16.6. The van der Waals surface area contributed by atoms with Crippen LogP contribution in [-0.4, -0.2) is 53.5 Å². The number of rotatable bonds is 6. The molecule has 1 heterocycles. The molecule has 1 amide bonds. The van der Waals surface area contributed by atoms with Gasteiger partial charge in [0.25, 0.3) is 0 Å². The van der Waals surface area contributed by atoms with Crippen LogP contribution < -0.4 is 0 Å². The van der Waals surface area contributed by atoms with Crippen molar-refractivity contribution in [2.75, 3.05) is 26.7 Å². The predicted octanol–water partition coefficient (Wildman–Crippen LogP) is 2.76. The van der Waals surface area contributed by atoms with Crippen LogP contribution in [0, 0.1) is 0 Å². The van der Waals surface area contributed by atoms with Crippen LogP contribution in [-0.2, 0) is 21.5 Å². The molecule has 1 aliphatic rings. The quantitative estimate of drug-likeness (QED) is 0.854. The Morgan fingerprint density at radius 2 is 1.56 bits per heavy atom. The van der Waals surface area contributed by atoms with E-state index in [4.69, 9.17) is 5.11 Å². The van der Waals surface area contributed by atoms with Gasteiger partial charge in [0, 0.05) is 13.6 Å². The van der Waals surface area contributed by atoms with Gasteiger partial charge >= 0.3 is 5.97 Å². The number of amides is 1. The topological polar surface area (TPSA) is 60.9 Å². The van der Waals surface area contributed by atoms with Crippen LogP contribution in [0.5, 0.6) is 0 Å². The number of carboxylic acid groups (broad SMARTS) is 1. The van der Waals surface area contributed by atoms with Crippen LogP contribution in [0.15, 0.2) is 60.7 Å². The first-order valence-electron chi connectivity index (χ1n) is 9.30. The van der Waals surface area contributed by atoms with Gasteiger partial charge in [-0.3, -0.25) is 14.5 Å². The molecule has 3 rings (SSSR count). The smallest absolute Gasteiger partial charge is 0.323 e. The molecule has 5 nitrogen and oxygen atoms in total. The Morgan fingerprint density at radius 1 is 1.00 bits per heavy atom. The molecule has 27 heavy (non-hydrogen) atoms. The third kappa shape index (κ3) is 4.37. The molecule has 0 saturated carbocycles. The van der Waals surface area contributed by atoms with E-state index in [2.05, 4.69) is 17.0 Å². The lowest BCUT2D eigenvalue weighted by Crippen LogP contribution is -2.52. The minimum atomic E-state index is -0.990. The summed E-state index contributed by atoms with van der Waals surface area (Å²) in [5.74, 6) is -1.09. The van der Waals surface area contributed by atoms with E-state index >= 15 is 0 Å². The molecule has 1 N–H and O–H groups in total. The first kappa shape index (κ1) is 19.1. The molecule has 1 saturated heterocycles. The second-order valence-corrected chi connectivity index (χ2v) is 7.26. The Kier molecular flexibility index (Phi) is 5.91. The number of carboxylic acids is 1. The molecule has 0 bridgehead atoms. The zero-order valence-corrected chi connectivity index (χ0v) is 15.7. The highest BCUT2D eigenvalue weighted by Crippen LogP contribution is 2.37. The molecule has 0 spiro atoms. The molecule has 0 aromatic heterocycles. The summed E-state index contributed by atoms with van der Waals surface area (Å²) in [5.41, 5.74) is 1.59. The lowest BCUT2D eigenvalue weighted by molar-refractivity contribution is -0.147. The van der Waals surface area contributed by atoms with Gasteiger partial charge in [-0.15, -0.1) is 0 Å². The number of hydrogen-bond donors (Lipinski definition) is 1. The maximum Gasteiger partial charge on any atom is 0.323 e. The molecule has 0 atom stereocenters. The van der Waals surface area contributed by atoms with Crippen molar-refractivity contribution in [3.63, 3.8) is 0 Å². The number of carbonyl (C=O) groups excluding carboxylic acids is 1. The second kappa shape index (κ2) is 8.35. The van der Waals surface area contributed by atoms with Gasteiger partial charge in [0.05, 0.1) is 5.41 Å². The number of piperidine rings is 1. The summed E-state index contributed by atoms with van der Waals surface area (Å²) in [6.07, 6.45) is 1.37. The lowest BCUT2D eigenvalue weighted by Gasteiger charge is -2.42. The van der Waals surface area contributed by atoms with Crippen molar-refractivity contribution in [2.24, 2.45) is 0 Å². The summed E-state index contributed by atoms with van der Waals surface area (Å²) in [7, 11) is 1.58. The highest BCUT2D eigenvalue weighted by molar-refractivity contribution is 5.90. The van der Waals surface area contributed by atoms with Gasteiger partial charge in [-0.1, -0.05) is 60.7 Å². The molecule has 2 aromatic rings. The van der Waals surface area contributed by atoms with E-state index in [0.717, 1.165) is 25.2 Å². The third-order valence-corrected chi connectivity index (χ3v) is 5.41. The zero-order chi connectivity index (χ0) is 19.3. The van der Waals surface area contributed by atoms with Gasteiger partial charge in [-0.05, 0) is 37.1 Å².